The summed E-state index contributed by atoms with van der Waals surface area (Å²) >= 11 is 3.66. The zero-order chi connectivity index (χ0) is 13.2. The molecule has 19 heavy (non-hydrogen) atoms. The van der Waals surface area contributed by atoms with E-state index in [0.29, 0.717) is 6.54 Å². The van der Waals surface area contributed by atoms with Gasteiger partial charge in [0, 0.05) is 29.3 Å². The van der Waals surface area contributed by atoms with Crippen LogP contribution in [0.1, 0.15) is 44.1 Å². The first-order valence-electron chi connectivity index (χ1n) is 7.54. The van der Waals surface area contributed by atoms with Gasteiger partial charge in [0.05, 0.1) is 0 Å². The first kappa shape index (κ1) is 13.4. The van der Waals surface area contributed by atoms with Crippen molar-refractivity contribution in [3.05, 3.63) is 28.2 Å². The van der Waals surface area contributed by atoms with Gasteiger partial charge in [-0.1, -0.05) is 34.8 Å². The van der Waals surface area contributed by atoms with Crippen LogP contribution in [-0.2, 0) is 6.54 Å². The monoisotopic (exact) mass is 322 g/mol. The minimum absolute atomic E-state index is 0.604. The minimum Gasteiger partial charge on any atom is -0.368 e. The summed E-state index contributed by atoms with van der Waals surface area (Å²) in [5, 5.41) is 0. The molecule has 1 aromatic rings. The van der Waals surface area contributed by atoms with Crippen LogP contribution >= 0.6 is 15.9 Å². The molecular formula is C16H23BrN2. The summed E-state index contributed by atoms with van der Waals surface area (Å²) in [5.41, 5.74) is 8.31. The molecule has 0 aromatic heterocycles. The molecule has 2 atom stereocenters. The third kappa shape index (κ3) is 2.68. The number of hydrogen-bond acceptors (Lipinski definition) is 2. The Labute approximate surface area is 124 Å². The second-order valence-corrected chi connectivity index (χ2v) is 6.78. The molecule has 0 unspecified atom stereocenters. The SMILES string of the molecule is NCc1ccc(N2CCC[C@H]3CCCC[C@H]32)cc1Br. The Kier molecular flexibility index (Phi) is 4.13. The van der Waals surface area contributed by atoms with E-state index in [2.05, 4.69) is 39.0 Å². The summed E-state index contributed by atoms with van der Waals surface area (Å²) in [5.74, 6) is 0.926. The van der Waals surface area contributed by atoms with E-state index >= 15 is 0 Å². The Morgan fingerprint density at radius 3 is 2.74 bits per heavy atom. The normalized spacial score (nSPS) is 27.2. The van der Waals surface area contributed by atoms with Gasteiger partial charge in [-0.05, 0) is 49.3 Å². The largest absolute Gasteiger partial charge is 0.368 e. The second kappa shape index (κ2) is 5.84. The molecule has 1 aromatic carbocycles. The van der Waals surface area contributed by atoms with E-state index in [4.69, 9.17) is 5.73 Å². The summed E-state index contributed by atoms with van der Waals surface area (Å²) in [6.45, 7) is 1.82. The molecule has 2 fully saturated rings. The van der Waals surface area contributed by atoms with Crippen molar-refractivity contribution in [2.75, 3.05) is 11.4 Å². The van der Waals surface area contributed by atoms with E-state index in [1.165, 1.54) is 56.3 Å². The number of rotatable bonds is 2. The predicted octanol–water partition coefficient (Wildman–Crippen LogP) is 4.07. The number of hydrogen-bond donors (Lipinski definition) is 1. The lowest BCUT2D eigenvalue weighted by Gasteiger charge is -2.45. The van der Waals surface area contributed by atoms with Gasteiger partial charge in [0.2, 0.25) is 0 Å². The van der Waals surface area contributed by atoms with E-state index in [0.717, 1.165) is 16.4 Å². The van der Waals surface area contributed by atoms with Crippen molar-refractivity contribution in [2.45, 2.75) is 51.1 Å². The number of halogens is 1. The number of nitrogens with two attached hydrogens (primary N) is 1. The van der Waals surface area contributed by atoms with E-state index in [-0.39, 0.29) is 0 Å². The average Bonchev–Trinajstić information content (AvgIpc) is 2.46. The zero-order valence-corrected chi connectivity index (χ0v) is 13.0. The van der Waals surface area contributed by atoms with Gasteiger partial charge in [0.15, 0.2) is 0 Å². The van der Waals surface area contributed by atoms with Crippen LogP contribution in [0.3, 0.4) is 0 Å². The highest BCUT2D eigenvalue weighted by atomic mass is 79.9. The molecule has 3 heteroatoms. The summed E-state index contributed by atoms with van der Waals surface area (Å²) in [6, 6.07) is 7.47. The number of benzene rings is 1. The fourth-order valence-electron chi connectivity index (χ4n) is 3.83. The van der Waals surface area contributed by atoms with Crippen molar-refractivity contribution in [2.24, 2.45) is 11.7 Å². The van der Waals surface area contributed by atoms with Gasteiger partial charge < -0.3 is 10.6 Å². The Morgan fingerprint density at radius 1 is 1.16 bits per heavy atom. The molecule has 1 saturated heterocycles. The fourth-order valence-corrected chi connectivity index (χ4v) is 4.35. The van der Waals surface area contributed by atoms with E-state index in [1.54, 1.807) is 0 Å². The van der Waals surface area contributed by atoms with Crippen molar-refractivity contribution >= 4 is 21.6 Å². The highest BCUT2D eigenvalue weighted by Crippen LogP contribution is 2.38. The van der Waals surface area contributed by atoms with Crippen LogP contribution < -0.4 is 10.6 Å². The van der Waals surface area contributed by atoms with Crippen LogP contribution in [0.5, 0.6) is 0 Å². The Bertz CT molecular complexity index is 444. The smallest absolute Gasteiger partial charge is 0.0380 e. The van der Waals surface area contributed by atoms with E-state index < -0.39 is 0 Å². The number of anilines is 1. The Hall–Kier alpha value is -0.540. The summed E-state index contributed by atoms with van der Waals surface area (Å²) < 4.78 is 1.16. The molecule has 3 rings (SSSR count). The summed E-state index contributed by atoms with van der Waals surface area (Å²) in [7, 11) is 0. The van der Waals surface area contributed by atoms with Crippen LogP contribution in [0, 0.1) is 5.92 Å². The van der Waals surface area contributed by atoms with Crippen LogP contribution in [0.4, 0.5) is 5.69 Å². The molecule has 0 bridgehead atoms. The Balaban J connectivity index is 1.85. The quantitative estimate of drug-likeness (QED) is 0.889. The lowest BCUT2D eigenvalue weighted by Crippen LogP contribution is -2.46. The summed E-state index contributed by atoms with van der Waals surface area (Å²) in [6.07, 6.45) is 8.43. The maximum atomic E-state index is 5.74. The molecule has 104 valence electrons. The third-order valence-corrected chi connectivity index (χ3v) is 5.57. The molecule has 1 aliphatic carbocycles. The van der Waals surface area contributed by atoms with Gasteiger partial charge in [0.25, 0.3) is 0 Å². The van der Waals surface area contributed by atoms with Crippen LogP contribution in [0.2, 0.25) is 0 Å². The molecule has 2 nitrogen and oxygen atoms in total. The zero-order valence-electron chi connectivity index (χ0n) is 11.4. The lowest BCUT2D eigenvalue weighted by molar-refractivity contribution is 0.244. The van der Waals surface area contributed by atoms with Gasteiger partial charge in [-0.25, -0.2) is 0 Å². The Morgan fingerprint density at radius 2 is 1.95 bits per heavy atom. The van der Waals surface area contributed by atoms with E-state index in [9.17, 15) is 0 Å². The molecule has 1 saturated carbocycles. The topological polar surface area (TPSA) is 29.3 Å². The molecule has 2 aliphatic rings. The molecule has 0 radical (unpaired) electrons. The summed E-state index contributed by atoms with van der Waals surface area (Å²) in [4.78, 5) is 2.65. The standard InChI is InChI=1S/C16H23BrN2/c17-15-10-14(8-7-13(15)11-18)19-9-3-5-12-4-1-2-6-16(12)19/h7-8,10,12,16H,1-6,9,11,18H2/t12-,16-/m1/s1. The predicted molar refractivity (Wildman–Crippen MR) is 84.4 cm³/mol. The molecular weight excluding hydrogens is 300 g/mol. The number of nitrogens with zero attached hydrogens (tertiary/aromatic N) is 1. The van der Waals surface area contributed by atoms with Crippen molar-refractivity contribution in [1.29, 1.82) is 0 Å². The van der Waals surface area contributed by atoms with Crippen molar-refractivity contribution in [3.63, 3.8) is 0 Å². The van der Waals surface area contributed by atoms with Crippen LogP contribution in [-0.4, -0.2) is 12.6 Å². The van der Waals surface area contributed by atoms with Gasteiger partial charge >= 0.3 is 0 Å². The highest BCUT2D eigenvalue weighted by molar-refractivity contribution is 9.10. The van der Waals surface area contributed by atoms with Gasteiger partial charge in [-0.15, -0.1) is 0 Å². The van der Waals surface area contributed by atoms with Gasteiger partial charge in [0.1, 0.15) is 0 Å². The lowest BCUT2D eigenvalue weighted by atomic mass is 9.78. The van der Waals surface area contributed by atoms with Crippen LogP contribution in [0.25, 0.3) is 0 Å². The van der Waals surface area contributed by atoms with E-state index in [1.807, 2.05) is 0 Å². The van der Waals surface area contributed by atoms with Gasteiger partial charge in [-0.3, -0.25) is 0 Å². The highest BCUT2D eigenvalue weighted by Gasteiger charge is 2.33. The first-order valence-corrected chi connectivity index (χ1v) is 8.34. The minimum atomic E-state index is 0.604. The molecule has 0 amide bonds. The third-order valence-electron chi connectivity index (χ3n) is 4.83. The molecule has 1 heterocycles. The maximum absolute atomic E-state index is 5.74. The number of fused-ring (bicyclic) bond motifs is 1. The second-order valence-electron chi connectivity index (χ2n) is 5.93. The maximum Gasteiger partial charge on any atom is 0.0380 e. The molecule has 0 spiro atoms. The number of piperidine rings is 1. The van der Waals surface area contributed by atoms with Crippen molar-refractivity contribution < 1.29 is 0 Å². The first-order chi connectivity index (χ1) is 9.29. The molecule has 1 aliphatic heterocycles. The van der Waals surface area contributed by atoms with Gasteiger partial charge in [-0.2, -0.15) is 0 Å². The van der Waals surface area contributed by atoms with Crippen molar-refractivity contribution in [3.8, 4) is 0 Å². The fraction of sp³-hybridized carbons (Fsp3) is 0.625. The van der Waals surface area contributed by atoms with Crippen molar-refractivity contribution in [1.82, 2.24) is 0 Å². The van der Waals surface area contributed by atoms with Crippen LogP contribution in [0.15, 0.2) is 22.7 Å². The molecule has 2 N–H and O–H groups in total. The average molecular weight is 323 g/mol.